The van der Waals surface area contributed by atoms with E-state index in [9.17, 15) is 0 Å². The molecule has 0 spiro atoms. The number of hydrogen-bond donors (Lipinski definition) is 1. The van der Waals surface area contributed by atoms with Crippen molar-refractivity contribution in [2.24, 2.45) is 0 Å². The minimum atomic E-state index is 0. The van der Waals surface area contributed by atoms with E-state index in [0.29, 0.717) is 17.8 Å². The highest BCUT2D eigenvalue weighted by Crippen LogP contribution is 2.29. The van der Waals surface area contributed by atoms with Crippen molar-refractivity contribution in [2.45, 2.75) is 57.7 Å². The number of rotatable bonds is 7. The molecule has 0 bridgehead atoms. The topological polar surface area (TPSA) is 43.4 Å². The first-order chi connectivity index (χ1) is 12.7. The van der Waals surface area contributed by atoms with E-state index >= 15 is 0 Å². The Bertz CT molecular complexity index is 687. The van der Waals surface area contributed by atoms with E-state index in [4.69, 9.17) is 21.1 Å². The molecule has 1 aliphatic rings. The van der Waals surface area contributed by atoms with Crippen LogP contribution in [-0.2, 0) is 13.2 Å². The molecule has 148 valence electrons. The highest BCUT2D eigenvalue weighted by Gasteiger charge is 2.12. The zero-order valence-corrected chi connectivity index (χ0v) is 17.3. The molecular weight excluding hydrogens is 383 g/mol. The number of methoxy groups -OCH3 is 1. The SMILES string of the molecule is COc1cc(CNC2CCCCCC2)ccc1OCc1ccc(Cl)nc1.Cl. The van der Waals surface area contributed by atoms with Gasteiger partial charge in [0.1, 0.15) is 11.8 Å². The van der Waals surface area contributed by atoms with Gasteiger partial charge in [-0.3, -0.25) is 0 Å². The summed E-state index contributed by atoms with van der Waals surface area (Å²) in [6, 6.07) is 10.4. The van der Waals surface area contributed by atoms with Gasteiger partial charge >= 0.3 is 0 Å². The monoisotopic (exact) mass is 410 g/mol. The first-order valence-corrected chi connectivity index (χ1v) is 9.76. The molecule has 0 saturated heterocycles. The zero-order chi connectivity index (χ0) is 18.2. The Labute approximate surface area is 173 Å². The van der Waals surface area contributed by atoms with Crippen LogP contribution in [0.4, 0.5) is 0 Å². The molecule has 0 aliphatic heterocycles. The van der Waals surface area contributed by atoms with Crippen molar-refractivity contribution in [2.75, 3.05) is 7.11 Å². The van der Waals surface area contributed by atoms with Gasteiger partial charge in [-0.05, 0) is 36.6 Å². The summed E-state index contributed by atoms with van der Waals surface area (Å²) < 4.78 is 11.4. The molecule has 1 aromatic heterocycles. The summed E-state index contributed by atoms with van der Waals surface area (Å²) in [5, 5.41) is 4.18. The molecular formula is C21H28Cl2N2O2. The summed E-state index contributed by atoms with van der Waals surface area (Å²) in [6.45, 7) is 1.29. The van der Waals surface area contributed by atoms with Crippen molar-refractivity contribution in [3.8, 4) is 11.5 Å². The molecule has 3 rings (SSSR count). The molecule has 0 radical (unpaired) electrons. The fourth-order valence-electron chi connectivity index (χ4n) is 3.34. The lowest BCUT2D eigenvalue weighted by atomic mass is 10.1. The highest BCUT2D eigenvalue weighted by atomic mass is 35.5. The Kier molecular flexibility index (Phi) is 9.19. The Morgan fingerprint density at radius 2 is 1.78 bits per heavy atom. The van der Waals surface area contributed by atoms with Crippen molar-refractivity contribution in [1.82, 2.24) is 10.3 Å². The molecule has 1 aliphatic carbocycles. The summed E-state index contributed by atoms with van der Waals surface area (Å²) >= 11 is 5.81. The van der Waals surface area contributed by atoms with E-state index in [2.05, 4.69) is 22.4 Å². The first kappa shape index (κ1) is 21.8. The van der Waals surface area contributed by atoms with Crippen LogP contribution >= 0.6 is 24.0 Å². The lowest BCUT2D eigenvalue weighted by molar-refractivity contribution is 0.284. The molecule has 4 nitrogen and oxygen atoms in total. The maximum Gasteiger partial charge on any atom is 0.161 e. The van der Waals surface area contributed by atoms with E-state index < -0.39 is 0 Å². The molecule has 27 heavy (non-hydrogen) atoms. The van der Waals surface area contributed by atoms with E-state index in [1.54, 1.807) is 19.4 Å². The minimum absolute atomic E-state index is 0. The number of nitrogens with one attached hydrogen (secondary N) is 1. The van der Waals surface area contributed by atoms with Crippen LogP contribution in [0.3, 0.4) is 0 Å². The normalized spacial score (nSPS) is 14.9. The number of aromatic nitrogens is 1. The first-order valence-electron chi connectivity index (χ1n) is 9.38. The van der Waals surface area contributed by atoms with Crippen molar-refractivity contribution < 1.29 is 9.47 Å². The van der Waals surface area contributed by atoms with Crippen LogP contribution in [0.25, 0.3) is 0 Å². The molecule has 0 amide bonds. The quantitative estimate of drug-likeness (QED) is 0.479. The van der Waals surface area contributed by atoms with Crippen LogP contribution in [0.5, 0.6) is 11.5 Å². The molecule has 1 fully saturated rings. The molecule has 0 atom stereocenters. The standard InChI is InChI=1S/C21H27ClN2O2.ClH/c1-25-20-12-16(13-23-18-6-4-2-3-5-7-18)8-10-19(20)26-15-17-9-11-21(22)24-14-17;/h8-12,14,18,23H,2-7,13,15H2,1H3;1H. The smallest absolute Gasteiger partial charge is 0.161 e. The number of nitrogens with zero attached hydrogens (tertiary/aromatic N) is 1. The van der Waals surface area contributed by atoms with Crippen molar-refractivity contribution in [3.05, 3.63) is 52.8 Å². The molecule has 1 saturated carbocycles. The lowest BCUT2D eigenvalue weighted by Crippen LogP contribution is -2.27. The van der Waals surface area contributed by atoms with E-state index in [1.165, 1.54) is 44.1 Å². The van der Waals surface area contributed by atoms with Crippen molar-refractivity contribution >= 4 is 24.0 Å². The van der Waals surface area contributed by atoms with E-state index in [0.717, 1.165) is 23.6 Å². The maximum absolute atomic E-state index is 5.89. The largest absolute Gasteiger partial charge is 0.493 e. The summed E-state index contributed by atoms with van der Waals surface area (Å²) in [4.78, 5) is 4.07. The van der Waals surface area contributed by atoms with Gasteiger partial charge in [0, 0.05) is 24.3 Å². The van der Waals surface area contributed by atoms with Gasteiger partial charge in [-0.2, -0.15) is 0 Å². The average molecular weight is 411 g/mol. The second kappa shape index (κ2) is 11.4. The predicted molar refractivity (Wildman–Crippen MR) is 112 cm³/mol. The highest BCUT2D eigenvalue weighted by molar-refractivity contribution is 6.29. The van der Waals surface area contributed by atoms with Crippen molar-refractivity contribution in [1.29, 1.82) is 0 Å². The van der Waals surface area contributed by atoms with Crippen LogP contribution in [0, 0.1) is 0 Å². The van der Waals surface area contributed by atoms with Gasteiger partial charge in [0.25, 0.3) is 0 Å². The number of halogens is 2. The van der Waals surface area contributed by atoms with Gasteiger partial charge < -0.3 is 14.8 Å². The molecule has 6 heteroatoms. The third kappa shape index (κ3) is 6.87. The Hall–Kier alpha value is -1.49. The summed E-state index contributed by atoms with van der Waals surface area (Å²) in [7, 11) is 1.68. The third-order valence-electron chi connectivity index (χ3n) is 4.86. The molecule has 0 unspecified atom stereocenters. The number of pyridine rings is 1. The summed E-state index contributed by atoms with van der Waals surface area (Å²) in [5.74, 6) is 1.49. The van der Waals surface area contributed by atoms with Crippen LogP contribution in [0.1, 0.15) is 49.7 Å². The number of ether oxygens (including phenoxy) is 2. The van der Waals surface area contributed by atoms with Crippen LogP contribution in [0.2, 0.25) is 5.15 Å². The van der Waals surface area contributed by atoms with Gasteiger partial charge in [0.05, 0.1) is 7.11 Å². The number of hydrogen-bond acceptors (Lipinski definition) is 4. The fourth-order valence-corrected chi connectivity index (χ4v) is 3.45. The minimum Gasteiger partial charge on any atom is -0.493 e. The van der Waals surface area contributed by atoms with Gasteiger partial charge in [0.2, 0.25) is 0 Å². The molecule has 1 heterocycles. The zero-order valence-electron chi connectivity index (χ0n) is 15.7. The summed E-state index contributed by atoms with van der Waals surface area (Å²) in [5.41, 5.74) is 2.18. The second-order valence-corrected chi connectivity index (χ2v) is 7.22. The second-order valence-electron chi connectivity index (χ2n) is 6.83. The maximum atomic E-state index is 5.89. The third-order valence-corrected chi connectivity index (χ3v) is 5.08. The van der Waals surface area contributed by atoms with E-state index in [-0.39, 0.29) is 12.4 Å². The predicted octanol–water partition coefficient (Wildman–Crippen LogP) is 5.56. The van der Waals surface area contributed by atoms with Gasteiger partial charge in [0.15, 0.2) is 11.5 Å². The summed E-state index contributed by atoms with van der Waals surface area (Å²) in [6.07, 6.45) is 9.73. The Balaban J connectivity index is 0.00000261. The lowest BCUT2D eigenvalue weighted by Gasteiger charge is -2.17. The van der Waals surface area contributed by atoms with Crippen LogP contribution in [-0.4, -0.2) is 18.1 Å². The Morgan fingerprint density at radius 3 is 2.44 bits per heavy atom. The van der Waals surface area contributed by atoms with Gasteiger partial charge in [-0.15, -0.1) is 12.4 Å². The van der Waals surface area contributed by atoms with Gasteiger partial charge in [-0.25, -0.2) is 4.98 Å². The Morgan fingerprint density at radius 1 is 1.04 bits per heavy atom. The van der Waals surface area contributed by atoms with Gasteiger partial charge in [-0.1, -0.05) is 49.4 Å². The fraction of sp³-hybridized carbons (Fsp3) is 0.476. The molecule has 1 aromatic carbocycles. The van der Waals surface area contributed by atoms with Crippen LogP contribution < -0.4 is 14.8 Å². The van der Waals surface area contributed by atoms with E-state index in [1.807, 2.05) is 12.1 Å². The average Bonchev–Trinajstić information content (AvgIpc) is 2.95. The number of benzene rings is 1. The van der Waals surface area contributed by atoms with Crippen molar-refractivity contribution in [3.63, 3.8) is 0 Å². The molecule has 1 N–H and O–H groups in total. The van der Waals surface area contributed by atoms with Crippen LogP contribution in [0.15, 0.2) is 36.5 Å². The molecule has 2 aromatic rings.